The Balaban J connectivity index is 2.80. The van der Waals surface area contributed by atoms with Gasteiger partial charge in [-0.15, -0.1) is 5.92 Å². The van der Waals surface area contributed by atoms with Crippen molar-refractivity contribution in [2.24, 2.45) is 11.1 Å². The van der Waals surface area contributed by atoms with Gasteiger partial charge >= 0.3 is 0 Å². The SMILES string of the molecule is CC(C)(C)C#CCC(N)c1cccc(F)c1Cl. The molecule has 0 aliphatic carbocycles. The highest BCUT2D eigenvalue weighted by atomic mass is 35.5. The molecule has 17 heavy (non-hydrogen) atoms. The molecule has 1 atom stereocenters. The maximum Gasteiger partial charge on any atom is 0.142 e. The summed E-state index contributed by atoms with van der Waals surface area (Å²) in [5.74, 6) is 5.66. The minimum Gasteiger partial charge on any atom is -0.323 e. The van der Waals surface area contributed by atoms with E-state index in [4.69, 9.17) is 17.3 Å². The van der Waals surface area contributed by atoms with Crippen molar-refractivity contribution in [2.45, 2.75) is 33.2 Å². The van der Waals surface area contributed by atoms with E-state index in [1.807, 2.05) is 20.8 Å². The van der Waals surface area contributed by atoms with Crippen molar-refractivity contribution in [1.82, 2.24) is 0 Å². The molecule has 0 aliphatic heterocycles. The Labute approximate surface area is 107 Å². The van der Waals surface area contributed by atoms with Crippen molar-refractivity contribution >= 4 is 11.6 Å². The van der Waals surface area contributed by atoms with Gasteiger partial charge in [0.25, 0.3) is 0 Å². The summed E-state index contributed by atoms with van der Waals surface area (Å²) in [4.78, 5) is 0. The van der Waals surface area contributed by atoms with Crippen molar-refractivity contribution in [3.8, 4) is 11.8 Å². The Morgan fingerprint density at radius 1 is 1.41 bits per heavy atom. The van der Waals surface area contributed by atoms with E-state index >= 15 is 0 Å². The number of rotatable bonds is 2. The number of nitrogens with two attached hydrogens (primary N) is 1. The van der Waals surface area contributed by atoms with E-state index in [0.717, 1.165) is 0 Å². The quantitative estimate of drug-likeness (QED) is 0.795. The molecule has 1 unspecified atom stereocenters. The van der Waals surface area contributed by atoms with Crippen LogP contribution in [0.2, 0.25) is 5.02 Å². The van der Waals surface area contributed by atoms with Gasteiger partial charge in [-0.2, -0.15) is 0 Å². The van der Waals surface area contributed by atoms with Crippen molar-refractivity contribution in [3.63, 3.8) is 0 Å². The van der Waals surface area contributed by atoms with Gasteiger partial charge in [0.15, 0.2) is 0 Å². The first-order valence-corrected chi connectivity index (χ1v) is 5.88. The van der Waals surface area contributed by atoms with Gasteiger partial charge in [-0.05, 0) is 32.4 Å². The lowest BCUT2D eigenvalue weighted by Crippen LogP contribution is -2.11. The van der Waals surface area contributed by atoms with Gasteiger partial charge in [-0.1, -0.05) is 29.7 Å². The predicted octanol–water partition coefficient (Wildman–Crippen LogP) is 3.92. The van der Waals surface area contributed by atoms with Gasteiger partial charge < -0.3 is 5.73 Å². The van der Waals surface area contributed by atoms with Crippen molar-refractivity contribution in [1.29, 1.82) is 0 Å². The van der Waals surface area contributed by atoms with Crippen LogP contribution in [0, 0.1) is 23.1 Å². The third-order valence-electron chi connectivity index (χ3n) is 2.17. The van der Waals surface area contributed by atoms with E-state index in [-0.39, 0.29) is 16.5 Å². The zero-order valence-electron chi connectivity index (χ0n) is 10.3. The number of halogens is 2. The smallest absolute Gasteiger partial charge is 0.142 e. The van der Waals surface area contributed by atoms with Crippen LogP contribution in [0.1, 0.15) is 38.8 Å². The van der Waals surface area contributed by atoms with Crippen LogP contribution in [0.15, 0.2) is 18.2 Å². The minimum atomic E-state index is -0.441. The van der Waals surface area contributed by atoms with E-state index in [2.05, 4.69) is 11.8 Å². The maximum atomic E-state index is 13.2. The summed E-state index contributed by atoms with van der Waals surface area (Å²) < 4.78 is 13.2. The molecular formula is C14H17ClFN. The molecule has 1 aromatic carbocycles. The molecule has 3 heteroatoms. The number of hydrogen-bond acceptors (Lipinski definition) is 1. The Bertz CT molecular complexity index is 452. The standard InChI is InChI=1S/C14H17ClFN/c1-14(2,3)9-5-8-12(17)10-6-4-7-11(16)13(10)15/h4,6-7,12H,8,17H2,1-3H3. The van der Waals surface area contributed by atoms with E-state index in [9.17, 15) is 4.39 Å². The molecule has 0 aromatic heterocycles. The molecule has 1 rings (SSSR count). The summed E-state index contributed by atoms with van der Waals surface area (Å²) in [6.45, 7) is 6.09. The van der Waals surface area contributed by atoms with E-state index in [1.54, 1.807) is 12.1 Å². The molecule has 0 radical (unpaired) electrons. The van der Waals surface area contributed by atoms with Crippen molar-refractivity contribution in [3.05, 3.63) is 34.6 Å². The molecule has 0 amide bonds. The minimum absolute atomic E-state index is 0.0501. The van der Waals surface area contributed by atoms with Crippen molar-refractivity contribution < 1.29 is 4.39 Å². The Kier molecular flexibility index (Phi) is 4.56. The summed E-state index contributed by atoms with van der Waals surface area (Å²) in [5.41, 5.74) is 6.50. The molecule has 1 aromatic rings. The molecular weight excluding hydrogens is 237 g/mol. The van der Waals surface area contributed by atoms with Crippen LogP contribution < -0.4 is 5.73 Å². The van der Waals surface area contributed by atoms with E-state index < -0.39 is 5.82 Å². The van der Waals surface area contributed by atoms with Crippen LogP contribution in [0.3, 0.4) is 0 Å². The lowest BCUT2D eigenvalue weighted by molar-refractivity contribution is 0.569. The highest BCUT2D eigenvalue weighted by Gasteiger charge is 2.12. The topological polar surface area (TPSA) is 26.0 Å². The highest BCUT2D eigenvalue weighted by molar-refractivity contribution is 6.31. The van der Waals surface area contributed by atoms with E-state index in [0.29, 0.717) is 12.0 Å². The molecule has 0 bridgehead atoms. The van der Waals surface area contributed by atoms with Crippen LogP contribution in [-0.4, -0.2) is 0 Å². The first-order valence-electron chi connectivity index (χ1n) is 5.51. The lowest BCUT2D eigenvalue weighted by atomic mass is 9.97. The highest BCUT2D eigenvalue weighted by Crippen LogP contribution is 2.25. The van der Waals surface area contributed by atoms with Gasteiger partial charge in [-0.25, -0.2) is 4.39 Å². The molecule has 0 aliphatic rings. The van der Waals surface area contributed by atoms with Gasteiger partial charge in [0, 0.05) is 17.9 Å². The number of benzene rings is 1. The van der Waals surface area contributed by atoms with Crippen LogP contribution >= 0.6 is 11.6 Å². The monoisotopic (exact) mass is 253 g/mol. The van der Waals surface area contributed by atoms with Gasteiger partial charge in [0.1, 0.15) is 5.82 Å². The summed E-state index contributed by atoms with van der Waals surface area (Å²) >= 11 is 5.85. The summed E-state index contributed by atoms with van der Waals surface area (Å²) in [6, 6.07) is 4.30. The second kappa shape index (κ2) is 5.53. The summed E-state index contributed by atoms with van der Waals surface area (Å²) in [5, 5.41) is 0.0950. The molecule has 1 nitrogen and oxygen atoms in total. The average molecular weight is 254 g/mol. The van der Waals surface area contributed by atoms with Crippen molar-refractivity contribution in [2.75, 3.05) is 0 Å². The predicted molar refractivity (Wildman–Crippen MR) is 70.2 cm³/mol. The Morgan fingerprint density at radius 2 is 2.06 bits per heavy atom. The molecule has 0 spiro atoms. The normalized spacial score (nSPS) is 12.8. The second-order valence-corrected chi connectivity index (χ2v) is 5.38. The fourth-order valence-corrected chi connectivity index (χ4v) is 1.61. The molecule has 0 saturated heterocycles. The van der Waals surface area contributed by atoms with Gasteiger partial charge in [0.05, 0.1) is 5.02 Å². The van der Waals surface area contributed by atoms with Crippen LogP contribution in [-0.2, 0) is 0 Å². The maximum absolute atomic E-state index is 13.2. The zero-order valence-corrected chi connectivity index (χ0v) is 11.1. The van der Waals surface area contributed by atoms with Crippen LogP contribution in [0.25, 0.3) is 0 Å². The molecule has 2 N–H and O–H groups in total. The summed E-state index contributed by atoms with van der Waals surface area (Å²) in [6.07, 6.45) is 0.473. The van der Waals surface area contributed by atoms with E-state index in [1.165, 1.54) is 6.07 Å². The lowest BCUT2D eigenvalue weighted by Gasteiger charge is -2.12. The average Bonchev–Trinajstić information content (AvgIpc) is 2.20. The fraction of sp³-hybridized carbons (Fsp3) is 0.429. The van der Waals surface area contributed by atoms with Crippen LogP contribution in [0.4, 0.5) is 4.39 Å². The summed E-state index contributed by atoms with van der Waals surface area (Å²) in [7, 11) is 0. The first kappa shape index (κ1) is 14.0. The van der Waals surface area contributed by atoms with Crippen LogP contribution in [0.5, 0.6) is 0 Å². The molecule has 0 heterocycles. The molecule has 0 fully saturated rings. The molecule has 92 valence electrons. The van der Waals surface area contributed by atoms with Gasteiger partial charge in [0.2, 0.25) is 0 Å². The van der Waals surface area contributed by atoms with Gasteiger partial charge in [-0.3, -0.25) is 0 Å². The Hall–Kier alpha value is -1.04. The zero-order chi connectivity index (χ0) is 13.1. The number of hydrogen-bond donors (Lipinski definition) is 1. The largest absolute Gasteiger partial charge is 0.323 e. The second-order valence-electron chi connectivity index (χ2n) is 5.01. The molecule has 0 saturated carbocycles. The third-order valence-corrected chi connectivity index (χ3v) is 2.57. The Morgan fingerprint density at radius 3 is 2.65 bits per heavy atom. The third kappa shape index (κ3) is 4.38. The fourth-order valence-electron chi connectivity index (χ4n) is 1.34. The first-order chi connectivity index (χ1) is 7.81.